The van der Waals surface area contributed by atoms with Gasteiger partial charge in [-0.05, 0) is 43.4 Å². The molecule has 20 heavy (non-hydrogen) atoms. The van der Waals surface area contributed by atoms with Crippen LogP contribution in [-0.2, 0) is 10.0 Å². The molecule has 0 radical (unpaired) electrons. The van der Waals surface area contributed by atoms with E-state index in [-0.39, 0.29) is 29.2 Å². The Hall–Kier alpha value is -1.18. The van der Waals surface area contributed by atoms with Crippen molar-refractivity contribution in [2.75, 3.05) is 13.7 Å². The maximum atomic E-state index is 13.5. The number of sulfonamides is 1. The van der Waals surface area contributed by atoms with Crippen LogP contribution in [0, 0.1) is 11.7 Å². The van der Waals surface area contributed by atoms with Gasteiger partial charge in [0.1, 0.15) is 0 Å². The molecule has 1 fully saturated rings. The largest absolute Gasteiger partial charge is 0.494 e. The summed E-state index contributed by atoms with van der Waals surface area (Å²) in [7, 11) is -2.42. The van der Waals surface area contributed by atoms with Gasteiger partial charge in [0.15, 0.2) is 11.6 Å². The molecule has 1 aromatic rings. The minimum atomic E-state index is -3.74. The second-order valence-electron chi connectivity index (χ2n) is 4.98. The van der Waals surface area contributed by atoms with E-state index in [0.29, 0.717) is 12.8 Å². The van der Waals surface area contributed by atoms with Gasteiger partial charge in [0.25, 0.3) is 0 Å². The maximum Gasteiger partial charge on any atom is 0.240 e. The van der Waals surface area contributed by atoms with Gasteiger partial charge in [0, 0.05) is 6.54 Å². The van der Waals surface area contributed by atoms with Crippen molar-refractivity contribution in [3.05, 3.63) is 24.0 Å². The average molecular weight is 303 g/mol. The fraction of sp³-hybridized carbons (Fsp3) is 0.538. The van der Waals surface area contributed by atoms with Crippen LogP contribution in [0.15, 0.2) is 23.1 Å². The molecule has 112 valence electrons. The fourth-order valence-electron chi connectivity index (χ4n) is 2.36. The van der Waals surface area contributed by atoms with Crippen molar-refractivity contribution in [3.8, 4) is 5.75 Å². The van der Waals surface area contributed by atoms with Crippen LogP contribution in [0.4, 0.5) is 4.39 Å². The average Bonchev–Trinajstić information content (AvgIpc) is 2.82. The summed E-state index contributed by atoms with van der Waals surface area (Å²) in [6.45, 7) is 0.257. The molecule has 2 N–H and O–H groups in total. The zero-order chi connectivity index (χ0) is 14.8. The molecule has 1 aromatic carbocycles. The Morgan fingerprint density at radius 3 is 2.75 bits per heavy atom. The molecule has 0 amide bonds. The molecule has 2 atom stereocenters. The summed E-state index contributed by atoms with van der Waals surface area (Å²) in [5.74, 6) is -0.586. The van der Waals surface area contributed by atoms with E-state index in [1.54, 1.807) is 0 Å². The van der Waals surface area contributed by atoms with E-state index in [2.05, 4.69) is 4.72 Å². The molecule has 1 saturated carbocycles. The number of aliphatic hydroxyl groups excluding tert-OH is 1. The van der Waals surface area contributed by atoms with Crippen LogP contribution in [-0.4, -0.2) is 33.3 Å². The minimum Gasteiger partial charge on any atom is -0.494 e. The number of halogens is 1. The lowest BCUT2D eigenvalue weighted by Crippen LogP contribution is -2.28. The Kier molecular flexibility index (Phi) is 4.62. The second kappa shape index (κ2) is 6.07. The molecule has 0 spiro atoms. The first-order chi connectivity index (χ1) is 9.42. The van der Waals surface area contributed by atoms with Gasteiger partial charge in [-0.25, -0.2) is 17.5 Å². The lowest BCUT2D eigenvalue weighted by Gasteiger charge is -2.12. The highest BCUT2D eigenvalue weighted by Gasteiger charge is 2.25. The third-order valence-electron chi connectivity index (χ3n) is 3.51. The number of hydrogen-bond donors (Lipinski definition) is 2. The highest BCUT2D eigenvalue weighted by atomic mass is 32.2. The van der Waals surface area contributed by atoms with Crippen LogP contribution in [0.25, 0.3) is 0 Å². The zero-order valence-electron chi connectivity index (χ0n) is 11.2. The van der Waals surface area contributed by atoms with Crippen molar-refractivity contribution in [2.24, 2.45) is 5.92 Å². The highest BCUT2D eigenvalue weighted by Crippen LogP contribution is 2.25. The van der Waals surface area contributed by atoms with Crippen molar-refractivity contribution in [2.45, 2.75) is 30.3 Å². The predicted octanol–water partition coefficient (Wildman–Crippen LogP) is 1.27. The van der Waals surface area contributed by atoms with E-state index < -0.39 is 15.8 Å². The van der Waals surface area contributed by atoms with Gasteiger partial charge >= 0.3 is 0 Å². The number of ether oxygens (including phenoxy) is 1. The van der Waals surface area contributed by atoms with E-state index in [1.807, 2.05) is 0 Å². The molecule has 2 unspecified atom stereocenters. The first-order valence-corrected chi connectivity index (χ1v) is 7.92. The summed E-state index contributed by atoms with van der Waals surface area (Å²) in [4.78, 5) is -0.130. The van der Waals surface area contributed by atoms with Crippen molar-refractivity contribution in [1.82, 2.24) is 4.72 Å². The number of aliphatic hydroxyl groups is 1. The Morgan fingerprint density at radius 1 is 1.45 bits per heavy atom. The van der Waals surface area contributed by atoms with Crippen molar-refractivity contribution in [3.63, 3.8) is 0 Å². The first kappa shape index (κ1) is 15.2. The molecule has 0 bridgehead atoms. The summed E-state index contributed by atoms with van der Waals surface area (Å²) in [6.07, 6.45) is 1.74. The number of methoxy groups -OCH3 is 1. The molecule has 2 rings (SSSR count). The van der Waals surface area contributed by atoms with Gasteiger partial charge in [0.2, 0.25) is 10.0 Å². The Morgan fingerprint density at radius 2 is 2.20 bits per heavy atom. The monoisotopic (exact) mass is 303 g/mol. The van der Waals surface area contributed by atoms with Crippen LogP contribution in [0.1, 0.15) is 19.3 Å². The van der Waals surface area contributed by atoms with Crippen LogP contribution < -0.4 is 9.46 Å². The number of hydrogen-bond acceptors (Lipinski definition) is 4. The van der Waals surface area contributed by atoms with Gasteiger partial charge in [0.05, 0.1) is 18.1 Å². The summed E-state index contributed by atoms with van der Waals surface area (Å²) in [5.41, 5.74) is 0. The van der Waals surface area contributed by atoms with E-state index in [9.17, 15) is 17.9 Å². The van der Waals surface area contributed by atoms with E-state index in [1.165, 1.54) is 19.2 Å². The van der Waals surface area contributed by atoms with Crippen LogP contribution in [0.3, 0.4) is 0 Å². The molecule has 5 nitrogen and oxygen atoms in total. The number of nitrogens with one attached hydrogen (secondary N) is 1. The van der Waals surface area contributed by atoms with Crippen LogP contribution >= 0.6 is 0 Å². The van der Waals surface area contributed by atoms with Gasteiger partial charge in [-0.3, -0.25) is 0 Å². The summed E-state index contributed by atoms with van der Waals surface area (Å²) in [5, 5.41) is 9.40. The van der Waals surface area contributed by atoms with Crippen molar-refractivity contribution in [1.29, 1.82) is 0 Å². The quantitative estimate of drug-likeness (QED) is 0.859. The molecule has 1 aliphatic rings. The Labute approximate surface area is 117 Å². The maximum absolute atomic E-state index is 13.5. The molecular formula is C13H18FNO4S. The lowest BCUT2D eigenvalue weighted by molar-refractivity contribution is 0.178. The fourth-order valence-corrected chi connectivity index (χ4v) is 3.49. The SMILES string of the molecule is COc1ccc(S(=O)(=O)NCC2CCC(O)C2)cc1F. The van der Waals surface area contributed by atoms with E-state index in [4.69, 9.17) is 4.74 Å². The first-order valence-electron chi connectivity index (χ1n) is 6.43. The standard InChI is InChI=1S/C13H18FNO4S/c1-19-13-5-4-11(7-12(13)14)20(17,18)15-8-9-2-3-10(16)6-9/h4-5,7,9-10,15-16H,2-3,6,8H2,1H3. The molecule has 0 heterocycles. The van der Waals surface area contributed by atoms with Crippen LogP contribution in [0.2, 0.25) is 0 Å². The molecule has 0 aliphatic heterocycles. The van der Waals surface area contributed by atoms with E-state index >= 15 is 0 Å². The Balaban J connectivity index is 2.04. The number of benzene rings is 1. The summed E-state index contributed by atoms with van der Waals surface area (Å²) in [6, 6.07) is 3.52. The Bertz CT molecular complexity index is 576. The highest BCUT2D eigenvalue weighted by molar-refractivity contribution is 7.89. The molecule has 0 saturated heterocycles. The zero-order valence-corrected chi connectivity index (χ0v) is 12.0. The third kappa shape index (κ3) is 3.47. The van der Waals surface area contributed by atoms with Crippen LogP contribution in [0.5, 0.6) is 5.75 Å². The van der Waals surface area contributed by atoms with Gasteiger partial charge in [-0.1, -0.05) is 0 Å². The van der Waals surface area contributed by atoms with Gasteiger partial charge < -0.3 is 9.84 Å². The minimum absolute atomic E-state index is 0.00265. The smallest absolute Gasteiger partial charge is 0.240 e. The number of rotatable bonds is 5. The normalized spacial score (nSPS) is 22.9. The van der Waals surface area contributed by atoms with Gasteiger partial charge in [-0.15, -0.1) is 0 Å². The van der Waals surface area contributed by atoms with Gasteiger partial charge in [-0.2, -0.15) is 0 Å². The summed E-state index contributed by atoms with van der Waals surface area (Å²) < 4.78 is 44.8. The topological polar surface area (TPSA) is 75.6 Å². The van der Waals surface area contributed by atoms with Crippen molar-refractivity contribution >= 4 is 10.0 Å². The lowest BCUT2D eigenvalue weighted by atomic mass is 10.1. The second-order valence-corrected chi connectivity index (χ2v) is 6.75. The third-order valence-corrected chi connectivity index (χ3v) is 4.93. The molecule has 0 aromatic heterocycles. The van der Waals surface area contributed by atoms with Crippen molar-refractivity contribution < 1.29 is 22.7 Å². The molecule has 1 aliphatic carbocycles. The molecular weight excluding hydrogens is 285 g/mol. The predicted molar refractivity (Wildman–Crippen MR) is 71.5 cm³/mol. The summed E-state index contributed by atoms with van der Waals surface area (Å²) >= 11 is 0. The molecule has 7 heteroatoms. The van der Waals surface area contributed by atoms with E-state index in [0.717, 1.165) is 12.5 Å².